The fourth-order valence-corrected chi connectivity index (χ4v) is 3.29. The summed E-state index contributed by atoms with van der Waals surface area (Å²) >= 11 is 0. The number of aryl methyl sites for hydroxylation is 2. The Morgan fingerprint density at radius 3 is 2.88 bits per heavy atom. The van der Waals surface area contributed by atoms with Crippen LogP contribution in [0.15, 0.2) is 30.3 Å². The number of para-hydroxylation sites is 1. The molecule has 1 aliphatic rings. The summed E-state index contributed by atoms with van der Waals surface area (Å²) in [6.07, 6.45) is 4.59. The Balaban J connectivity index is 1.56. The van der Waals surface area contributed by atoms with Crippen LogP contribution in [0.4, 0.5) is 5.82 Å². The molecule has 26 heavy (non-hydrogen) atoms. The number of anilines is 1. The van der Waals surface area contributed by atoms with Gasteiger partial charge in [0, 0.05) is 24.7 Å². The van der Waals surface area contributed by atoms with Crippen molar-refractivity contribution in [2.45, 2.75) is 45.7 Å². The van der Waals surface area contributed by atoms with Crippen LogP contribution < -0.4 is 5.32 Å². The molecule has 0 saturated heterocycles. The monoisotopic (exact) mass is 350 g/mol. The largest absolute Gasteiger partial charge is 0.507 e. The van der Waals surface area contributed by atoms with E-state index in [-0.39, 0.29) is 5.75 Å². The molecule has 7 nitrogen and oxygen atoms in total. The number of phenolic OH excluding ortho intramolecular Hbond substituents is 1. The second-order valence-corrected chi connectivity index (χ2v) is 6.58. The topological polar surface area (TPSA) is 88.8 Å². The summed E-state index contributed by atoms with van der Waals surface area (Å²) < 4.78 is 2.22. The van der Waals surface area contributed by atoms with Gasteiger partial charge >= 0.3 is 0 Å². The summed E-state index contributed by atoms with van der Waals surface area (Å²) in [6, 6.07) is 8.99. The van der Waals surface area contributed by atoms with E-state index in [1.807, 2.05) is 25.1 Å². The van der Waals surface area contributed by atoms with Gasteiger partial charge in [-0.3, -0.25) is 0 Å². The Bertz CT molecular complexity index is 920. The van der Waals surface area contributed by atoms with Crippen molar-refractivity contribution in [2.75, 3.05) is 5.32 Å². The number of aromatic nitrogens is 5. The average Bonchev–Trinajstić information content (AvgIpc) is 2.86. The maximum Gasteiger partial charge on any atom is 0.165 e. The first-order chi connectivity index (χ1) is 12.7. The number of phenols is 1. The maximum absolute atomic E-state index is 10.1. The molecule has 0 fully saturated rings. The Morgan fingerprint density at radius 1 is 1.12 bits per heavy atom. The SMILES string of the molecule is Cc1cc(NCc2nnc3n2CCCCC3)nc(-c2ccccc2O)n1. The van der Waals surface area contributed by atoms with Crippen LogP contribution in [-0.4, -0.2) is 29.8 Å². The van der Waals surface area contributed by atoms with Gasteiger partial charge in [-0.15, -0.1) is 10.2 Å². The Labute approximate surface area is 152 Å². The second-order valence-electron chi connectivity index (χ2n) is 6.58. The van der Waals surface area contributed by atoms with Gasteiger partial charge in [0.2, 0.25) is 0 Å². The molecule has 0 aliphatic carbocycles. The first-order valence-corrected chi connectivity index (χ1v) is 8.99. The van der Waals surface area contributed by atoms with Crippen molar-refractivity contribution in [3.8, 4) is 17.1 Å². The van der Waals surface area contributed by atoms with Crippen molar-refractivity contribution < 1.29 is 5.11 Å². The van der Waals surface area contributed by atoms with Crippen LogP contribution in [0.5, 0.6) is 5.75 Å². The highest BCUT2D eigenvalue weighted by molar-refractivity contribution is 5.64. The minimum absolute atomic E-state index is 0.173. The van der Waals surface area contributed by atoms with Crippen molar-refractivity contribution >= 4 is 5.82 Å². The van der Waals surface area contributed by atoms with Crippen molar-refractivity contribution in [3.05, 3.63) is 47.7 Å². The summed E-state index contributed by atoms with van der Waals surface area (Å²) in [5.41, 5.74) is 1.46. The van der Waals surface area contributed by atoms with E-state index in [0.29, 0.717) is 23.8 Å². The van der Waals surface area contributed by atoms with E-state index in [1.54, 1.807) is 12.1 Å². The molecular formula is C19H22N6O. The predicted octanol–water partition coefficient (Wildman–Crippen LogP) is 3.09. The van der Waals surface area contributed by atoms with E-state index in [1.165, 1.54) is 19.3 Å². The molecule has 134 valence electrons. The smallest absolute Gasteiger partial charge is 0.165 e. The predicted molar refractivity (Wildman–Crippen MR) is 98.8 cm³/mol. The van der Waals surface area contributed by atoms with Gasteiger partial charge in [0.05, 0.1) is 12.1 Å². The van der Waals surface area contributed by atoms with Gasteiger partial charge in [-0.25, -0.2) is 9.97 Å². The molecular weight excluding hydrogens is 328 g/mol. The molecule has 0 saturated carbocycles. The van der Waals surface area contributed by atoms with Gasteiger partial charge in [-0.2, -0.15) is 0 Å². The molecule has 4 rings (SSSR count). The third-order valence-electron chi connectivity index (χ3n) is 4.61. The molecule has 0 bridgehead atoms. The molecule has 0 atom stereocenters. The minimum atomic E-state index is 0.173. The number of nitrogens with one attached hydrogen (secondary N) is 1. The Kier molecular flexibility index (Phi) is 4.51. The van der Waals surface area contributed by atoms with Crippen LogP contribution >= 0.6 is 0 Å². The lowest BCUT2D eigenvalue weighted by Gasteiger charge is -2.10. The molecule has 3 aromatic rings. The summed E-state index contributed by atoms with van der Waals surface area (Å²) in [5.74, 6) is 3.40. The molecule has 2 aromatic heterocycles. The van der Waals surface area contributed by atoms with Gasteiger partial charge in [0.25, 0.3) is 0 Å². The minimum Gasteiger partial charge on any atom is -0.507 e. The quantitative estimate of drug-likeness (QED) is 0.752. The Hall–Kier alpha value is -2.96. The molecule has 7 heteroatoms. The van der Waals surface area contributed by atoms with Gasteiger partial charge in [0.1, 0.15) is 17.4 Å². The van der Waals surface area contributed by atoms with Crippen LogP contribution in [0.25, 0.3) is 11.4 Å². The lowest BCUT2D eigenvalue weighted by Crippen LogP contribution is -2.11. The van der Waals surface area contributed by atoms with Crippen LogP contribution in [0.2, 0.25) is 0 Å². The van der Waals surface area contributed by atoms with Crippen molar-refractivity contribution in [1.82, 2.24) is 24.7 Å². The highest BCUT2D eigenvalue weighted by Crippen LogP contribution is 2.27. The molecule has 0 radical (unpaired) electrons. The van der Waals surface area contributed by atoms with Gasteiger partial charge in [-0.05, 0) is 31.9 Å². The Morgan fingerprint density at radius 2 is 2.00 bits per heavy atom. The van der Waals surface area contributed by atoms with Crippen molar-refractivity contribution in [3.63, 3.8) is 0 Å². The highest BCUT2D eigenvalue weighted by atomic mass is 16.3. The molecule has 0 amide bonds. The number of nitrogens with zero attached hydrogens (tertiary/aromatic N) is 5. The first kappa shape index (κ1) is 16.5. The van der Waals surface area contributed by atoms with E-state index >= 15 is 0 Å². The summed E-state index contributed by atoms with van der Waals surface area (Å²) in [7, 11) is 0. The van der Waals surface area contributed by atoms with Crippen LogP contribution in [0.1, 0.15) is 36.6 Å². The van der Waals surface area contributed by atoms with Gasteiger partial charge < -0.3 is 15.0 Å². The number of aromatic hydroxyl groups is 1. The lowest BCUT2D eigenvalue weighted by molar-refractivity contribution is 0.477. The molecule has 0 unspecified atom stereocenters. The standard InChI is InChI=1S/C19H22N6O/c1-13-11-16(22-19(21-13)14-7-4-5-8-15(14)26)20-12-18-24-23-17-9-3-2-6-10-25(17)18/h4-5,7-8,11,26H,2-3,6,9-10,12H2,1H3,(H,20,21,22). The number of benzene rings is 1. The zero-order valence-corrected chi connectivity index (χ0v) is 14.8. The number of fused-ring (bicyclic) bond motifs is 1. The average molecular weight is 350 g/mol. The van der Waals surface area contributed by atoms with Crippen LogP contribution in [0.3, 0.4) is 0 Å². The molecule has 1 aliphatic heterocycles. The highest BCUT2D eigenvalue weighted by Gasteiger charge is 2.15. The summed E-state index contributed by atoms with van der Waals surface area (Å²) in [6.45, 7) is 3.45. The van der Waals surface area contributed by atoms with E-state index in [2.05, 4.69) is 30.0 Å². The number of hydrogen-bond acceptors (Lipinski definition) is 6. The molecule has 3 heterocycles. The molecule has 1 aromatic carbocycles. The van der Waals surface area contributed by atoms with Crippen LogP contribution in [-0.2, 0) is 19.5 Å². The summed E-state index contributed by atoms with van der Waals surface area (Å²) in [4.78, 5) is 9.00. The van der Waals surface area contributed by atoms with E-state index < -0.39 is 0 Å². The zero-order chi connectivity index (χ0) is 17.9. The van der Waals surface area contributed by atoms with Crippen molar-refractivity contribution in [2.24, 2.45) is 0 Å². The zero-order valence-electron chi connectivity index (χ0n) is 14.8. The fraction of sp³-hybridized carbons (Fsp3) is 0.368. The van der Waals surface area contributed by atoms with Gasteiger partial charge in [0.15, 0.2) is 11.6 Å². The molecule has 2 N–H and O–H groups in total. The van der Waals surface area contributed by atoms with E-state index in [9.17, 15) is 5.11 Å². The first-order valence-electron chi connectivity index (χ1n) is 8.99. The number of hydrogen-bond donors (Lipinski definition) is 2. The van der Waals surface area contributed by atoms with Gasteiger partial charge in [-0.1, -0.05) is 18.6 Å². The second kappa shape index (κ2) is 7.11. The fourth-order valence-electron chi connectivity index (χ4n) is 3.29. The van der Waals surface area contributed by atoms with Crippen molar-refractivity contribution in [1.29, 1.82) is 0 Å². The third kappa shape index (κ3) is 3.37. The normalized spacial score (nSPS) is 13.9. The van der Waals surface area contributed by atoms with Crippen LogP contribution in [0, 0.1) is 6.92 Å². The number of rotatable bonds is 4. The molecule has 0 spiro atoms. The summed E-state index contributed by atoms with van der Waals surface area (Å²) in [5, 5.41) is 22.1. The van der Waals surface area contributed by atoms with E-state index in [4.69, 9.17) is 0 Å². The third-order valence-corrected chi connectivity index (χ3v) is 4.61. The lowest BCUT2D eigenvalue weighted by atomic mass is 10.2. The maximum atomic E-state index is 10.1. The van der Waals surface area contributed by atoms with E-state index in [0.717, 1.165) is 30.3 Å².